The van der Waals surface area contributed by atoms with E-state index in [1.165, 1.54) is 4.88 Å². The number of nitrogens with one attached hydrogen (secondary N) is 2. The van der Waals surface area contributed by atoms with E-state index in [1.807, 2.05) is 12.1 Å². The van der Waals surface area contributed by atoms with Crippen LogP contribution in [0.1, 0.15) is 23.5 Å². The fraction of sp³-hybridized carbons (Fsp3) is 0.526. The lowest BCUT2D eigenvalue weighted by atomic mass is 10.3. The molecular formula is C19H27N3O3S. The molecule has 1 saturated heterocycles. The molecule has 1 aliphatic heterocycles. The summed E-state index contributed by atoms with van der Waals surface area (Å²) in [5.74, 6) is 1.80. The van der Waals surface area contributed by atoms with Crippen molar-refractivity contribution in [2.24, 2.45) is 4.99 Å². The van der Waals surface area contributed by atoms with Crippen LogP contribution in [0.2, 0.25) is 0 Å². The van der Waals surface area contributed by atoms with Crippen molar-refractivity contribution in [1.82, 2.24) is 10.6 Å². The minimum absolute atomic E-state index is 0.272. The van der Waals surface area contributed by atoms with Gasteiger partial charge in [0.05, 0.1) is 25.5 Å². The third kappa shape index (κ3) is 6.82. The molecule has 2 N–H and O–H groups in total. The number of hydrogen-bond donors (Lipinski definition) is 2. The molecule has 6 nitrogen and oxygen atoms in total. The Hall–Kier alpha value is -1.83. The fourth-order valence-corrected chi connectivity index (χ4v) is 3.29. The van der Waals surface area contributed by atoms with Gasteiger partial charge in [0.1, 0.15) is 5.76 Å². The molecule has 1 unspecified atom stereocenters. The number of nitrogens with zero attached hydrogens (tertiary/aromatic N) is 1. The summed E-state index contributed by atoms with van der Waals surface area (Å²) in [7, 11) is 0. The standard InChI is InChI=1S/C19H27N3O3S/c1-4-16(24-10-1)6-9-21-19(22-14-18-5-2-13-26-18)20-8-3-11-25-17-7-12-23-15-17/h1-2,4-5,10,13,17H,3,6-9,11-12,14-15H2,(H2,20,21,22). The summed E-state index contributed by atoms with van der Waals surface area (Å²) in [6.07, 6.45) is 4.75. The van der Waals surface area contributed by atoms with Crippen LogP contribution in [0.25, 0.3) is 0 Å². The lowest BCUT2D eigenvalue weighted by Crippen LogP contribution is -2.39. The van der Waals surface area contributed by atoms with E-state index in [4.69, 9.17) is 13.9 Å². The Bertz CT molecular complexity index is 623. The van der Waals surface area contributed by atoms with Crippen LogP contribution < -0.4 is 10.6 Å². The number of aliphatic imine (C=N–C) groups is 1. The number of guanidine groups is 1. The van der Waals surface area contributed by atoms with Crippen molar-refractivity contribution in [1.29, 1.82) is 0 Å². The van der Waals surface area contributed by atoms with E-state index < -0.39 is 0 Å². The molecule has 1 fully saturated rings. The van der Waals surface area contributed by atoms with Crippen LogP contribution in [0.3, 0.4) is 0 Å². The summed E-state index contributed by atoms with van der Waals surface area (Å²) in [4.78, 5) is 5.93. The molecule has 0 aliphatic carbocycles. The van der Waals surface area contributed by atoms with Crippen LogP contribution in [-0.2, 0) is 22.4 Å². The highest BCUT2D eigenvalue weighted by molar-refractivity contribution is 7.09. The van der Waals surface area contributed by atoms with Gasteiger partial charge in [-0.25, -0.2) is 4.99 Å². The summed E-state index contributed by atoms with van der Waals surface area (Å²) in [6, 6.07) is 8.06. The minimum Gasteiger partial charge on any atom is -0.469 e. The van der Waals surface area contributed by atoms with Crippen molar-refractivity contribution in [2.45, 2.75) is 31.9 Å². The lowest BCUT2D eigenvalue weighted by molar-refractivity contribution is 0.0420. The lowest BCUT2D eigenvalue weighted by Gasteiger charge is -2.13. The van der Waals surface area contributed by atoms with Gasteiger partial charge in [0.25, 0.3) is 0 Å². The Labute approximate surface area is 158 Å². The predicted octanol–water partition coefficient (Wildman–Crippen LogP) is 2.81. The molecule has 0 spiro atoms. The van der Waals surface area contributed by atoms with Crippen molar-refractivity contribution in [3.63, 3.8) is 0 Å². The smallest absolute Gasteiger partial charge is 0.191 e. The van der Waals surface area contributed by atoms with Crippen LogP contribution in [0.4, 0.5) is 0 Å². The highest BCUT2D eigenvalue weighted by Crippen LogP contribution is 2.09. The maximum absolute atomic E-state index is 5.80. The molecule has 1 atom stereocenters. The van der Waals surface area contributed by atoms with Gasteiger partial charge in [-0.15, -0.1) is 11.3 Å². The Morgan fingerprint density at radius 2 is 2.23 bits per heavy atom. The molecule has 26 heavy (non-hydrogen) atoms. The van der Waals surface area contributed by atoms with Crippen molar-refractivity contribution < 1.29 is 13.9 Å². The van der Waals surface area contributed by atoms with Gasteiger partial charge in [0.2, 0.25) is 0 Å². The van der Waals surface area contributed by atoms with Crippen molar-refractivity contribution >= 4 is 17.3 Å². The van der Waals surface area contributed by atoms with Gasteiger partial charge in [-0.05, 0) is 36.4 Å². The van der Waals surface area contributed by atoms with E-state index in [-0.39, 0.29) is 6.10 Å². The highest BCUT2D eigenvalue weighted by atomic mass is 32.1. The van der Waals surface area contributed by atoms with Gasteiger partial charge in [-0.1, -0.05) is 6.07 Å². The first kappa shape index (κ1) is 18.9. The summed E-state index contributed by atoms with van der Waals surface area (Å²) in [5.41, 5.74) is 0. The molecule has 7 heteroatoms. The van der Waals surface area contributed by atoms with Crippen molar-refractivity contribution in [2.75, 3.05) is 32.9 Å². The zero-order valence-electron chi connectivity index (χ0n) is 15.0. The zero-order valence-corrected chi connectivity index (χ0v) is 15.8. The van der Waals surface area contributed by atoms with E-state index >= 15 is 0 Å². The molecule has 0 aromatic carbocycles. The van der Waals surface area contributed by atoms with Crippen molar-refractivity contribution in [3.05, 3.63) is 46.5 Å². The van der Waals surface area contributed by atoms with Gasteiger partial charge < -0.3 is 24.5 Å². The molecule has 1 aliphatic rings. The van der Waals surface area contributed by atoms with E-state index in [0.717, 1.165) is 63.9 Å². The third-order valence-corrected chi connectivity index (χ3v) is 4.93. The van der Waals surface area contributed by atoms with E-state index in [9.17, 15) is 0 Å². The second-order valence-electron chi connectivity index (χ2n) is 6.14. The largest absolute Gasteiger partial charge is 0.469 e. The van der Waals surface area contributed by atoms with E-state index in [1.54, 1.807) is 17.6 Å². The van der Waals surface area contributed by atoms with Crippen LogP contribution in [0.15, 0.2) is 45.3 Å². The maximum atomic E-state index is 5.80. The highest BCUT2D eigenvalue weighted by Gasteiger charge is 2.15. The molecule has 0 bridgehead atoms. The second kappa shape index (κ2) is 11.0. The topological polar surface area (TPSA) is 68.0 Å². The summed E-state index contributed by atoms with van der Waals surface area (Å²) in [5, 5.41) is 8.84. The van der Waals surface area contributed by atoms with Crippen LogP contribution in [0, 0.1) is 0 Å². The molecular weight excluding hydrogens is 350 g/mol. The molecule has 0 radical (unpaired) electrons. The van der Waals surface area contributed by atoms with Gasteiger partial charge in [-0.3, -0.25) is 0 Å². The molecule has 3 rings (SSSR count). The van der Waals surface area contributed by atoms with E-state index in [0.29, 0.717) is 6.54 Å². The third-order valence-electron chi connectivity index (χ3n) is 4.07. The Kier molecular flexibility index (Phi) is 8.02. The SMILES string of the molecule is c1coc(CCNC(=NCc2cccs2)NCCCOC2CCOC2)c1. The minimum atomic E-state index is 0.272. The molecule has 0 saturated carbocycles. The Morgan fingerprint density at radius 3 is 3.00 bits per heavy atom. The average molecular weight is 378 g/mol. The number of ether oxygens (including phenoxy) is 2. The number of thiophene rings is 1. The molecule has 142 valence electrons. The van der Waals surface area contributed by atoms with Crippen LogP contribution in [-0.4, -0.2) is 45.0 Å². The quantitative estimate of drug-likeness (QED) is 0.379. The molecule has 3 heterocycles. The Balaban J connectivity index is 1.38. The van der Waals surface area contributed by atoms with Gasteiger partial charge in [0, 0.05) is 37.6 Å². The maximum Gasteiger partial charge on any atom is 0.191 e. The number of hydrogen-bond acceptors (Lipinski definition) is 5. The van der Waals surface area contributed by atoms with Crippen LogP contribution >= 0.6 is 11.3 Å². The number of furan rings is 1. The molecule has 2 aromatic heterocycles. The monoisotopic (exact) mass is 377 g/mol. The molecule has 2 aromatic rings. The van der Waals surface area contributed by atoms with Crippen molar-refractivity contribution in [3.8, 4) is 0 Å². The first-order valence-corrected chi connectivity index (χ1v) is 10.0. The Morgan fingerprint density at radius 1 is 1.27 bits per heavy atom. The summed E-state index contributed by atoms with van der Waals surface area (Å²) >= 11 is 1.72. The van der Waals surface area contributed by atoms with Gasteiger partial charge >= 0.3 is 0 Å². The summed E-state index contributed by atoms with van der Waals surface area (Å²) in [6.45, 7) is 4.58. The average Bonchev–Trinajstić information content (AvgIpc) is 3.42. The zero-order chi connectivity index (χ0) is 17.9. The fourth-order valence-electron chi connectivity index (χ4n) is 2.67. The second-order valence-corrected chi connectivity index (χ2v) is 7.17. The van der Waals surface area contributed by atoms with E-state index in [2.05, 4.69) is 33.1 Å². The normalized spacial score (nSPS) is 17.5. The first-order valence-electron chi connectivity index (χ1n) is 9.16. The van der Waals surface area contributed by atoms with Gasteiger partial charge in [0.15, 0.2) is 5.96 Å². The number of rotatable bonds is 10. The predicted molar refractivity (Wildman–Crippen MR) is 104 cm³/mol. The van der Waals surface area contributed by atoms with Crippen LogP contribution in [0.5, 0.6) is 0 Å². The first-order chi connectivity index (χ1) is 12.9. The van der Waals surface area contributed by atoms with Gasteiger partial charge in [-0.2, -0.15) is 0 Å². The molecule has 0 amide bonds. The summed E-state index contributed by atoms with van der Waals surface area (Å²) < 4.78 is 16.5.